The lowest BCUT2D eigenvalue weighted by atomic mass is 9.77. The molecule has 7 nitrogen and oxygen atoms in total. The standard InChI is InChI=1S/C23H26N6OS2/c24-14-23(9-3-10-23)28-20-19-17(8-13-32(19)30)26-22(27-20)29-11-6-15(7-12-29)21-25-16-4-1-2-5-18(16)31-21/h1-2,4-6H,3,7-14,24H2,(H,26,27,28). The van der Waals surface area contributed by atoms with Gasteiger partial charge >= 0.3 is 0 Å². The predicted molar refractivity (Wildman–Crippen MR) is 131 cm³/mol. The van der Waals surface area contributed by atoms with E-state index in [2.05, 4.69) is 34.5 Å². The van der Waals surface area contributed by atoms with Gasteiger partial charge in [-0.05, 0) is 43.4 Å². The van der Waals surface area contributed by atoms with E-state index in [-0.39, 0.29) is 5.54 Å². The molecule has 32 heavy (non-hydrogen) atoms. The Balaban J connectivity index is 1.28. The summed E-state index contributed by atoms with van der Waals surface area (Å²) in [5.74, 6) is 2.07. The zero-order chi connectivity index (χ0) is 21.7. The van der Waals surface area contributed by atoms with Gasteiger partial charge in [0.2, 0.25) is 5.95 Å². The van der Waals surface area contributed by atoms with E-state index in [0.717, 1.165) is 71.7 Å². The third-order valence-corrected chi connectivity index (χ3v) is 9.39. The lowest BCUT2D eigenvalue weighted by molar-refractivity contribution is 0.286. The van der Waals surface area contributed by atoms with Crippen molar-refractivity contribution in [1.82, 2.24) is 15.0 Å². The highest BCUT2D eigenvalue weighted by atomic mass is 32.2. The normalized spacial score (nSPS) is 21.8. The fourth-order valence-electron chi connectivity index (χ4n) is 4.70. The van der Waals surface area contributed by atoms with Crippen LogP contribution in [0.2, 0.25) is 0 Å². The number of aromatic nitrogens is 3. The maximum atomic E-state index is 12.7. The molecule has 4 heterocycles. The van der Waals surface area contributed by atoms with Crippen LogP contribution in [-0.2, 0) is 17.2 Å². The summed E-state index contributed by atoms with van der Waals surface area (Å²) < 4.78 is 13.9. The fraction of sp³-hybridized carbons (Fsp3) is 0.435. The Morgan fingerprint density at radius 2 is 2.06 bits per heavy atom. The molecule has 0 radical (unpaired) electrons. The van der Waals surface area contributed by atoms with Gasteiger partial charge in [0.05, 0.1) is 32.2 Å². The Bertz CT molecular complexity index is 1210. The first kappa shape index (κ1) is 20.3. The number of nitrogens with one attached hydrogen (secondary N) is 1. The highest BCUT2D eigenvalue weighted by Gasteiger charge is 2.38. The Labute approximate surface area is 193 Å². The van der Waals surface area contributed by atoms with E-state index in [1.54, 1.807) is 11.3 Å². The number of hydrogen-bond acceptors (Lipinski definition) is 8. The van der Waals surface area contributed by atoms with Crippen molar-refractivity contribution in [2.45, 2.75) is 42.5 Å². The summed E-state index contributed by atoms with van der Waals surface area (Å²) in [5.41, 5.74) is 9.23. The van der Waals surface area contributed by atoms with Gasteiger partial charge in [0.25, 0.3) is 0 Å². The van der Waals surface area contributed by atoms with Gasteiger partial charge in [-0.1, -0.05) is 18.2 Å². The van der Waals surface area contributed by atoms with E-state index in [1.807, 2.05) is 6.07 Å². The minimum Gasteiger partial charge on any atom is -0.362 e. The van der Waals surface area contributed by atoms with Gasteiger partial charge in [-0.3, -0.25) is 4.21 Å². The van der Waals surface area contributed by atoms with E-state index < -0.39 is 10.8 Å². The molecule has 1 atom stereocenters. The van der Waals surface area contributed by atoms with Crippen LogP contribution in [0.3, 0.4) is 0 Å². The van der Waals surface area contributed by atoms with Gasteiger partial charge in [-0.2, -0.15) is 4.98 Å². The topological polar surface area (TPSA) is 97.0 Å². The molecule has 166 valence electrons. The lowest BCUT2D eigenvalue weighted by Gasteiger charge is -2.42. The SMILES string of the molecule is NCC1(Nc2nc(N3CC=C(c4nc5ccccc5s4)CC3)nc3c2S(=O)CC3)CCC1. The second kappa shape index (κ2) is 7.90. The summed E-state index contributed by atoms with van der Waals surface area (Å²) in [5, 5.41) is 4.69. The van der Waals surface area contributed by atoms with Gasteiger partial charge < -0.3 is 16.0 Å². The molecule has 1 unspecified atom stereocenters. The Morgan fingerprint density at radius 3 is 2.78 bits per heavy atom. The molecule has 2 aliphatic heterocycles. The molecule has 0 amide bonds. The van der Waals surface area contributed by atoms with Crippen LogP contribution in [0.4, 0.5) is 11.8 Å². The minimum atomic E-state index is -1.04. The van der Waals surface area contributed by atoms with Crippen molar-refractivity contribution < 1.29 is 4.21 Å². The zero-order valence-electron chi connectivity index (χ0n) is 17.8. The highest BCUT2D eigenvalue weighted by molar-refractivity contribution is 7.85. The number of para-hydroxylation sites is 1. The van der Waals surface area contributed by atoms with Crippen molar-refractivity contribution in [2.24, 2.45) is 5.73 Å². The maximum Gasteiger partial charge on any atom is 0.227 e. The Hall–Kier alpha value is -2.36. The first-order valence-corrected chi connectivity index (χ1v) is 13.4. The zero-order valence-corrected chi connectivity index (χ0v) is 19.5. The van der Waals surface area contributed by atoms with E-state index in [9.17, 15) is 4.21 Å². The van der Waals surface area contributed by atoms with Crippen LogP contribution in [0.5, 0.6) is 0 Å². The third kappa shape index (κ3) is 3.43. The number of rotatable bonds is 5. The lowest BCUT2D eigenvalue weighted by Crippen LogP contribution is -2.51. The van der Waals surface area contributed by atoms with Crippen molar-refractivity contribution in [3.63, 3.8) is 0 Å². The molecule has 1 aliphatic carbocycles. The molecule has 3 aliphatic rings. The molecule has 9 heteroatoms. The summed E-state index contributed by atoms with van der Waals surface area (Å²) in [4.78, 5) is 17.5. The number of nitrogens with two attached hydrogens (primary N) is 1. The fourth-order valence-corrected chi connectivity index (χ4v) is 7.04. The molecule has 3 N–H and O–H groups in total. The minimum absolute atomic E-state index is 0.117. The van der Waals surface area contributed by atoms with E-state index in [0.29, 0.717) is 12.3 Å². The number of nitrogens with zero attached hydrogens (tertiary/aromatic N) is 4. The van der Waals surface area contributed by atoms with Crippen LogP contribution in [0, 0.1) is 0 Å². The maximum absolute atomic E-state index is 12.7. The molecular formula is C23H26N6OS2. The third-order valence-electron chi connectivity index (χ3n) is 6.82. The summed E-state index contributed by atoms with van der Waals surface area (Å²) in [7, 11) is -1.04. The molecule has 1 fully saturated rings. The van der Waals surface area contributed by atoms with Crippen LogP contribution in [0.25, 0.3) is 15.8 Å². The quantitative estimate of drug-likeness (QED) is 0.595. The first-order valence-electron chi connectivity index (χ1n) is 11.2. The van der Waals surface area contributed by atoms with Gasteiger partial charge in [0.1, 0.15) is 15.7 Å². The first-order chi connectivity index (χ1) is 15.6. The van der Waals surface area contributed by atoms with Crippen LogP contribution >= 0.6 is 11.3 Å². The predicted octanol–water partition coefficient (Wildman–Crippen LogP) is 3.34. The van der Waals surface area contributed by atoms with Crippen LogP contribution in [-0.4, -0.2) is 50.1 Å². The average Bonchev–Trinajstić information content (AvgIpc) is 3.40. The number of aryl methyl sites for hydroxylation is 1. The van der Waals surface area contributed by atoms with Gasteiger partial charge in [0, 0.05) is 31.8 Å². The van der Waals surface area contributed by atoms with Gasteiger partial charge in [0.15, 0.2) is 0 Å². The summed E-state index contributed by atoms with van der Waals surface area (Å²) >= 11 is 1.75. The number of fused-ring (bicyclic) bond motifs is 2. The molecule has 0 spiro atoms. The monoisotopic (exact) mass is 466 g/mol. The molecule has 2 aromatic heterocycles. The second-order valence-electron chi connectivity index (χ2n) is 8.82. The van der Waals surface area contributed by atoms with E-state index >= 15 is 0 Å². The smallest absolute Gasteiger partial charge is 0.227 e. The van der Waals surface area contributed by atoms with Crippen LogP contribution in [0.15, 0.2) is 35.2 Å². The number of benzene rings is 1. The Morgan fingerprint density at radius 1 is 1.19 bits per heavy atom. The van der Waals surface area contributed by atoms with Crippen molar-refractivity contribution in [3.8, 4) is 0 Å². The largest absolute Gasteiger partial charge is 0.362 e. The molecule has 3 aromatic rings. The van der Waals surface area contributed by atoms with Gasteiger partial charge in [-0.15, -0.1) is 11.3 Å². The highest BCUT2D eigenvalue weighted by Crippen LogP contribution is 2.38. The molecule has 6 rings (SSSR count). The van der Waals surface area contributed by atoms with Crippen molar-refractivity contribution in [1.29, 1.82) is 0 Å². The molecule has 1 saturated carbocycles. The number of thiazole rings is 1. The number of hydrogen-bond donors (Lipinski definition) is 2. The van der Waals surface area contributed by atoms with Crippen molar-refractivity contribution in [2.75, 3.05) is 35.6 Å². The van der Waals surface area contributed by atoms with Crippen LogP contribution in [0.1, 0.15) is 36.4 Å². The summed E-state index contributed by atoms with van der Waals surface area (Å²) in [6.07, 6.45) is 7.11. The van der Waals surface area contributed by atoms with Crippen LogP contribution < -0.4 is 16.0 Å². The summed E-state index contributed by atoms with van der Waals surface area (Å²) in [6, 6.07) is 8.28. The Kier molecular flexibility index (Phi) is 5.00. The van der Waals surface area contributed by atoms with E-state index in [1.165, 1.54) is 16.7 Å². The molecule has 0 saturated heterocycles. The molecular weight excluding hydrogens is 440 g/mol. The average molecular weight is 467 g/mol. The van der Waals surface area contributed by atoms with E-state index in [4.69, 9.17) is 20.7 Å². The van der Waals surface area contributed by atoms with Crippen molar-refractivity contribution in [3.05, 3.63) is 41.0 Å². The van der Waals surface area contributed by atoms with Gasteiger partial charge in [-0.25, -0.2) is 9.97 Å². The number of anilines is 2. The second-order valence-corrected chi connectivity index (χ2v) is 11.4. The van der Waals surface area contributed by atoms with Crippen molar-refractivity contribution >= 4 is 49.7 Å². The summed E-state index contributed by atoms with van der Waals surface area (Å²) in [6.45, 7) is 2.14. The molecule has 0 bridgehead atoms. The molecule has 1 aromatic carbocycles.